The van der Waals surface area contributed by atoms with Crippen molar-refractivity contribution in [3.63, 3.8) is 0 Å². The highest BCUT2D eigenvalue weighted by atomic mass is 32.1. The maximum atomic E-state index is 12.5. The molecule has 0 aliphatic heterocycles. The lowest BCUT2D eigenvalue weighted by molar-refractivity contribution is 0.0601. The number of rotatable bonds is 12. The van der Waals surface area contributed by atoms with Gasteiger partial charge in [-0.1, -0.05) is 60.6 Å². The summed E-state index contributed by atoms with van der Waals surface area (Å²) >= 11 is 7.19. The zero-order valence-electron chi connectivity index (χ0n) is 25.2. The quantitative estimate of drug-likeness (QED) is 0.152. The van der Waals surface area contributed by atoms with Gasteiger partial charge in [0, 0.05) is 17.0 Å². The first-order chi connectivity index (χ1) is 18.4. The Morgan fingerprint density at radius 3 is 2.51 bits per heavy atom. The Bertz CT molecular complexity index is 1150. The minimum Gasteiger partial charge on any atom is -0.493 e. The van der Waals surface area contributed by atoms with Crippen LogP contribution in [-0.4, -0.2) is 31.3 Å². The number of unbranched alkanes of at least 4 members (excludes halogenated alkanes) is 1. The van der Waals surface area contributed by atoms with E-state index >= 15 is 0 Å². The van der Waals surface area contributed by atoms with Crippen LogP contribution in [0, 0.1) is 5.92 Å². The molecule has 2 N–H and O–H groups in total. The van der Waals surface area contributed by atoms with Gasteiger partial charge in [-0.25, -0.2) is 4.79 Å². The number of anilines is 1. The molecule has 0 saturated heterocycles. The van der Waals surface area contributed by atoms with Gasteiger partial charge in [0.15, 0.2) is 5.11 Å². The molecule has 1 unspecified atom stereocenters. The Labute approximate surface area is 245 Å². The Hall–Kier alpha value is -2.12. The first-order valence-corrected chi connectivity index (χ1v) is 15.7. The summed E-state index contributed by atoms with van der Waals surface area (Å²) in [7, 11) is 1.44. The van der Waals surface area contributed by atoms with Gasteiger partial charge < -0.3 is 20.1 Å². The van der Waals surface area contributed by atoms with Crippen molar-refractivity contribution in [2.75, 3.05) is 25.6 Å². The number of benzene rings is 1. The molecule has 0 spiro atoms. The van der Waals surface area contributed by atoms with E-state index in [1.807, 2.05) is 0 Å². The number of hydrogen-bond donors (Lipinski definition) is 2. The lowest BCUT2D eigenvalue weighted by Gasteiger charge is -2.30. The molecule has 0 bridgehead atoms. The highest BCUT2D eigenvalue weighted by molar-refractivity contribution is 7.80. The van der Waals surface area contributed by atoms with Crippen molar-refractivity contribution < 1.29 is 14.3 Å². The third-order valence-corrected chi connectivity index (χ3v) is 9.92. The van der Waals surface area contributed by atoms with E-state index in [4.69, 9.17) is 21.7 Å². The van der Waals surface area contributed by atoms with E-state index in [1.165, 1.54) is 23.1 Å². The molecule has 216 valence electrons. The van der Waals surface area contributed by atoms with Gasteiger partial charge >= 0.3 is 5.97 Å². The number of hydrogen-bond acceptors (Lipinski definition) is 5. The molecule has 1 aromatic heterocycles. The van der Waals surface area contributed by atoms with Crippen LogP contribution in [0.4, 0.5) is 5.00 Å². The first kappa shape index (κ1) is 31.4. The van der Waals surface area contributed by atoms with Crippen LogP contribution in [0.5, 0.6) is 5.75 Å². The molecule has 0 saturated carbocycles. The summed E-state index contributed by atoms with van der Waals surface area (Å²) in [6.45, 7) is 17.4. The van der Waals surface area contributed by atoms with Crippen LogP contribution >= 0.6 is 23.6 Å². The van der Waals surface area contributed by atoms with Crippen LogP contribution in [0.3, 0.4) is 0 Å². The minimum atomic E-state index is -0.290. The van der Waals surface area contributed by atoms with Crippen LogP contribution in [0.15, 0.2) is 18.2 Å². The maximum absolute atomic E-state index is 12.5. The Morgan fingerprint density at radius 2 is 1.85 bits per heavy atom. The zero-order chi connectivity index (χ0) is 28.8. The Balaban J connectivity index is 1.53. The number of esters is 1. The molecule has 3 rings (SSSR count). The lowest BCUT2D eigenvalue weighted by Crippen LogP contribution is -2.29. The second-order valence-corrected chi connectivity index (χ2v) is 13.7. The van der Waals surface area contributed by atoms with E-state index in [2.05, 4.69) is 77.3 Å². The van der Waals surface area contributed by atoms with E-state index in [9.17, 15) is 4.79 Å². The SMILES string of the molecule is CCC(C)(C)c1ccc(OCCCCNC(=S)Nc2sc3c(c2C(=O)OC)CCC(C)C3)c(C(C)(C)CC)c1. The van der Waals surface area contributed by atoms with Gasteiger partial charge in [0.05, 0.1) is 19.3 Å². The predicted molar refractivity (Wildman–Crippen MR) is 169 cm³/mol. The predicted octanol–water partition coefficient (Wildman–Crippen LogP) is 8.18. The lowest BCUT2D eigenvalue weighted by atomic mass is 9.76. The number of thiophene rings is 1. The number of ether oxygens (including phenoxy) is 2. The Morgan fingerprint density at radius 1 is 1.13 bits per heavy atom. The number of carbonyl (C=O) groups excluding carboxylic acids is 1. The van der Waals surface area contributed by atoms with Gasteiger partial charge in [-0.2, -0.15) is 0 Å². The largest absolute Gasteiger partial charge is 0.493 e. The molecule has 0 radical (unpaired) electrons. The van der Waals surface area contributed by atoms with Crippen LogP contribution in [-0.2, 0) is 28.4 Å². The fraction of sp³-hybridized carbons (Fsp3) is 0.625. The van der Waals surface area contributed by atoms with Crippen molar-refractivity contribution in [2.45, 2.75) is 104 Å². The zero-order valence-corrected chi connectivity index (χ0v) is 26.8. The molecule has 0 fully saturated rings. The van der Waals surface area contributed by atoms with Crippen molar-refractivity contribution in [3.05, 3.63) is 45.3 Å². The van der Waals surface area contributed by atoms with Crippen molar-refractivity contribution >= 4 is 39.6 Å². The number of fused-ring (bicyclic) bond motifs is 1. The summed E-state index contributed by atoms with van der Waals surface area (Å²) in [5, 5.41) is 7.90. The van der Waals surface area contributed by atoms with Crippen LogP contribution in [0.25, 0.3) is 0 Å². The van der Waals surface area contributed by atoms with Crippen molar-refractivity contribution in [2.24, 2.45) is 5.92 Å². The van der Waals surface area contributed by atoms with E-state index in [1.54, 1.807) is 11.3 Å². The van der Waals surface area contributed by atoms with Crippen LogP contribution < -0.4 is 15.4 Å². The molecule has 1 aromatic carbocycles. The van der Waals surface area contributed by atoms with E-state index in [0.717, 1.165) is 67.8 Å². The van der Waals surface area contributed by atoms with E-state index in [-0.39, 0.29) is 16.8 Å². The average molecular weight is 573 g/mol. The molecule has 2 aromatic rings. The van der Waals surface area contributed by atoms with E-state index < -0.39 is 0 Å². The van der Waals surface area contributed by atoms with Crippen LogP contribution in [0.2, 0.25) is 0 Å². The topological polar surface area (TPSA) is 59.6 Å². The molecule has 5 nitrogen and oxygen atoms in total. The Kier molecular flexibility index (Phi) is 10.9. The van der Waals surface area contributed by atoms with Gasteiger partial charge in [-0.3, -0.25) is 0 Å². The fourth-order valence-corrected chi connectivity index (χ4v) is 6.59. The van der Waals surface area contributed by atoms with Gasteiger partial charge in [0.2, 0.25) is 0 Å². The van der Waals surface area contributed by atoms with Gasteiger partial charge in [-0.15, -0.1) is 11.3 Å². The molecule has 7 heteroatoms. The summed E-state index contributed by atoms with van der Waals surface area (Å²) in [4.78, 5) is 13.8. The molecular weight excluding hydrogens is 524 g/mol. The molecule has 1 heterocycles. The van der Waals surface area contributed by atoms with Gasteiger partial charge in [-0.05, 0) is 91.1 Å². The average Bonchev–Trinajstić information content (AvgIpc) is 3.26. The summed E-state index contributed by atoms with van der Waals surface area (Å²) < 4.78 is 11.4. The van der Waals surface area contributed by atoms with E-state index in [0.29, 0.717) is 23.2 Å². The second kappa shape index (κ2) is 13.5. The van der Waals surface area contributed by atoms with Crippen molar-refractivity contribution in [1.29, 1.82) is 0 Å². The van der Waals surface area contributed by atoms with Gasteiger partial charge in [0.25, 0.3) is 0 Å². The minimum absolute atomic E-state index is 0.0523. The maximum Gasteiger partial charge on any atom is 0.341 e. The molecular formula is C32H48N2O3S2. The standard InChI is InChI=1S/C32H48N2O3S2/c1-9-31(4,5)22-14-16-25(24(20-22)32(6,7)10-2)37-18-12-11-17-33-30(38)34-28-27(29(35)36-8)23-15-13-21(3)19-26(23)39-28/h14,16,20-21H,9-13,15,17-19H2,1-8H3,(H2,33,34,38). The molecule has 1 aliphatic carbocycles. The fourth-order valence-electron chi connectivity index (χ4n) is 4.92. The second-order valence-electron chi connectivity index (χ2n) is 12.2. The summed E-state index contributed by atoms with van der Waals surface area (Å²) in [6, 6.07) is 6.75. The summed E-state index contributed by atoms with van der Waals surface area (Å²) in [6.07, 6.45) is 7.01. The van der Waals surface area contributed by atoms with Crippen molar-refractivity contribution in [1.82, 2.24) is 5.32 Å². The monoisotopic (exact) mass is 572 g/mol. The third-order valence-electron chi connectivity index (χ3n) is 8.50. The highest BCUT2D eigenvalue weighted by Gasteiger charge is 2.29. The number of thiocarbonyl (C=S) groups is 1. The third kappa shape index (κ3) is 7.75. The molecule has 1 aliphatic rings. The van der Waals surface area contributed by atoms with Crippen LogP contribution in [0.1, 0.15) is 112 Å². The number of nitrogens with one attached hydrogen (secondary N) is 2. The molecule has 39 heavy (non-hydrogen) atoms. The first-order valence-electron chi connectivity index (χ1n) is 14.5. The molecule has 1 atom stereocenters. The summed E-state index contributed by atoms with van der Waals surface area (Å²) in [5.41, 5.74) is 4.65. The van der Waals surface area contributed by atoms with Crippen molar-refractivity contribution in [3.8, 4) is 5.75 Å². The normalized spacial score (nSPS) is 15.4. The summed E-state index contributed by atoms with van der Waals surface area (Å²) in [5.74, 6) is 1.34. The number of carbonyl (C=O) groups is 1. The molecule has 0 amide bonds. The number of methoxy groups -OCH3 is 1. The smallest absolute Gasteiger partial charge is 0.341 e. The highest BCUT2D eigenvalue weighted by Crippen LogP contribution is 2.40. The van der Waals surface area contributed by atoms with Gasteiger partial charge in [0.1, 0.15) is 10.8 Å².